The minimum absolute atomic E-state index is 0.00304. The van der Waals surface area contributed by atoms with Crippen molar-refractivity contribution in [2.75, 3.05) is 13.7 Å². The smallest absolute Gasteiger partial charge is 0.326 e. The molecule has 168 valence electrons. The zero-order valence-electron chi connectivity index (χ0n) is 18.8. The zero-order chi connectivity index (χ0) is 23.3. The molecule has 0 bridgehead atoms. The van der Waals surface area contributed by atoms with Gasteiger partial charge in [-0.2, -0.15) is 0 Å². The van der Waals surface area contributed by atoms with Gasteiger partial charge in [-0.05, 0) is 54.3 Å². The predicted octanol–water partition coefficient (Wildman–Crippen LogP) is 4.08. The molecule has 0 aliphatic heterocycles. The SMILES string of the molecule is COc1ccc(-c2nnc(C(C)OC(=O)CNC(=O)c3ccc(C(C)(C)C)cc3)o2)cc1. The van der Waals surface area contributed by atoms with Crippen molar-refractivity contribution >= 4 is 11.9 Å². The third-order valence-corrected chi connectivity index (χ3v) is 4.84. The van der Waals surface area contributed by atoms with Crippen LogP contribution in [0.4, 0.5) is 0 Å². The first-order valence-electron chi connectivity index (χ1n) is 10.2. The molecule has 0 saturated carbocycles. The normalized spacial score (nSPS) is 12.2. The van der Waals surface area contributed by atoms with Crippen molar-refractivity contribution in [1.82, 2.24) is 15.5 Å². The number of nitrogens with one attached hydrogen (secondary N) is 1. The van der Waals surface area contributed by atoms with Gasteiger partial charge in [0.05, 0.1) is 7.11 Å². The topological polar surface area (TPSA) is 104 Å². The van der Waals surface area contributed by atoms with E-state index in [-0.39, 0.29) is 23.8 Å². The molecule has 8 heteroatoms. The number of esters is 1. The lowest BCUT2D eigenvalue weighted by atomic mass is 9.87. The first-order valence-corrected chi connectivity index (χ1v) is 10.2. The molecule has 3 aromatic rings. The molecule has 0 fully saturated rings. The van der Waals surface area contributed by atoms with Crippen molar-refractivity contribution in [2.45, 2.75) is 39.2 Å². The van der Waals surface area contributed by atoms with Crippen molar-refractivity contribution in [3.05, 3.63) is 65.5 Å². The molecular formula is C24H27N3O5. The first kappa shape index (κ1) is 23.0. The van der Waals surface area contributed by atoms with Crippen LogP contribution < -0.4 is 10.1 Å². The number of carbonyl (C=O) groups is 2. The molecule has 0 saturated heterocycles. The maximum absolute atomic E-state index is 12.3. The van der Waals surface area contributed by atoms with E-state index in [2.05, 4.69) is 36.3 Å². The number of carbonyl (C=O) groups excluding carboxylic acids is 2. The Morgan fingerprint density at radius 2 is 1.69 bits per heavy atom. The molecule has 2 aromatic carbocycles. The number of benzene rings is 2. The highest BCUT2D eigenvalue weighted by molar-refractivity contribution is 5.95. The molecule has 1 heterocycles. The van der Waals surface area contributed by atoms with Gasteiger partial charge >= 0.3 is 5.97 Å². The second-order valence-electron chi connectivity index (χ2n) is 8.32. The lowest BCUT2D eigenvalue weighted by Gasteiger charge is -2.19. The third-order valence-electron chi connectivity index (χ3n) is 4.84. The molecule has 3 rings (SSSR count). The van der Waals surface area contributed by atoms with Gasteiger partial charge in [0.25, 0.3) is 11.8 Å². The summed E-state index contributed by atoms with van der Waals surface area (Å²) in [6.45, 7) is 7.65. The summed E-state index contributed by atoms with van der Waals surface area (Å²) in [5.41, 5.74) is 2.31. The summed E-state index contributed by atoms with van der Waals surface area (Å²) < 4.78 is 16.0. The maximum Gasteiger partial charge on any atom is 0.326 e. The second kappa shape index (κ2) is 9.64. The summed E-state index contributed by atoms with van der Waals surface area (Å²) in [7, 11) is 1.58. The molecule has 0 aliphatic carbocycles. The van der Waals surface area contributed by atoms with Gasteiger partial charge in [0.2, 0.25) is 5.89 Å². The van der Waals surface area contributed by atoms with Crippen LogP contribution in [0.1, 0.15) is 55.6 Å². The number of methoxy groups -OCH3 is 1. The summed E-state index contributed by atoms with van der Waals surface area (Å²) in [5.74, 6) is 0.213. The van der Waals surface area contributed by atoms with Crippen LogP contribution in [0, 0.1) is 0 Å². The quantitative estimate of drug-likeness (QED) is 0.556. The standard InChI is InChI=1S/C24H27N3O5/c1-15(22-26-27-23(32-22)17-8-12-19(30-5)13-9-17)31-20(28)14-25-21(29)16-6-10-18(11-7-16)24(2,3)4/h6-13,15H,14H2,1-5H3,(H,25,29). The number of amides is 1. The molecule has 1 amide bonds. The van der Waals surface area contributed by atoms with Crippen molar-refractivity contribution in [3.8, 4) is 17.2 Å². The largest absolute Gasteiger partial charge is 0.497 e. The van der Waals surface area contributed by atoms with Gasteiger partial charge in [-0.1, -0.05) is 32.9 Å². The van der Waals surface area contributed by atoms with Crippen LogP contribution >= 0.6 is 0 Å². The minimum atomic E-state index is -0.759. The molecule has 0 spiro atoms. The summed E-state index contributed by atoms with van der Waals surface area (Å²) in [6.07, 6.45) is -0.759. The van der Waals surface area contributed by atoms with Crippen molar-refractivity contribution in [3.63, 3.8) is 0 Å². The van der Waals surface area contributed by atoms with Crippen molar-refractivity contribution in [2.24, 2.45) is 0 Å². The summed E-state index contributed by atoms with van der Waals surface area (Å²) in [5, 5.41) is 10.5. The van der Waals surface area contributed by atoms with Gasteiger partial charge in [-0.15, -0.1) is 10.2 Å². The van der Waals surface area contributed by atoms with E-state index in [1.165, 1.54) is 0 Å². The van der Waals surface area contributed by atoms with Gasteiger partial charge in [0.15, 0.2) is 6.10 Å². The van der Waals surface area contributed by atoms with Crippen LogP contribution in [0.2, 0.25) is 0 Å². The summed E-state index contributed by atoms with van der Waals surface area (Å²) in [4.78, 5) is 24.5. The van der Waals surface area contributed by atoms with Gasteiger partial charge in [-0.3, -0.25) is 9.59 Å². The fourth-order valence-corrected chi connectivity index (χ4v) is 2.91. The molecular weight excluding hydrogens is 410 g/mol. The van der Waals surface area contributed by atoms with Gasteiger partial charge < -0.3 is 19.2 Å². The van der Waals surface area contributed by atoms with Crippen LogP contribution in [0.15, 0.2) is 52.9 Å². The summed E-state index contributed by atoms with van der Waals surface area (Å²) in [6, 6.07) is 14.4. The van der Waals surface area contributed by atoms with E-state index in [1.54, 1.807) is 50.4 Å². The third kappa shape index (κ3) is 5.72. The Morgan fingerprint density at radius 1 is 1.03 bits per heavy atom. The van der Waals surface area contributed by atoms with Crippen LogP contribution in [0.3, 0.4) is 0 Å². The Bertz CT molecular complexity index is 1070. The van der Waals surface area contributed by atoms with E-state index in [4.69, 9.17) is 13.9 Å². The average molecular weight is 437 g/mol. The van der Waals surface area contributed by atoms with Crippen LogP contribution in [-0.4, -0.2) is 35.7 Å². The van der Waals surface area contributed by atoms with Crippen molar-refractivity contribution in [1.29, 1.82) is 0 Å². The van der Waals surface area contributed by atoms with Crippen LogP contribution in [0.5, 0.6) is 5.75 Å². The van der Waals surface area contributed by atoms with Gasteiger partial charge in [-0.25, -0.2) is 0 Å². The highest BCUT2D eigenvalue weighted by Gasteiger charge is 2.20. The van der Waals surface area contributed by atoms with Crippen LogP contribution in [-0.2, 0) is 14.9 Å². The number of aromatic nitrogens is 2. The Balaban J connectivity index is 1.52. The predicted molar refractivity (Wildman–Crippen MR) is 118 cm³/mol. The number of hydrogen-bond acceptors (Lipinski definition) is 7. The number of hydrogen-bond donors (Lipinski definition) is 1. The minimum Gasteiger partial charge on any atom is -0.497 e. The van der Waals surface area contributed by atoms with Crippen LogP contribution in [0.25, 0.3) is 11.5 Å². The molecule has 1 unspecified atom stereocenters. The van der Waals surface area contributed by atoms with E-state index in [1.807, 2.05) is 12.1 Å². The van der Waals surface area contributed by atoms with E-state index < -0.39 is 12.1 Å². The second-order valence-corrected chi connectivity index (χ2v) is 8.32. The summed E-state index contributed by atoms with van der Waals surface area (Å²) >= 11 is 0. The number of ether oxygens (including phenoxy) is 2. The molecule has 0 aliphatic rings. The van der Waals surface area contributed by atoms with E-state index in [9.17, 15) is 9.59 Å². The van der Waals surface area contributed by atoms with E-state index >= 15 is 0 Å². The Labute approximate surface area is 186 Å². The molecule has 0 radical (unpaired) electrons. The van der Waals surface area contributed by atoms with Crippen molar-refractivity contribution < 1.29 is 23.5 Å². The van der Waals surface area contributed by atoms with Gasteiger partial charge in [0.1, 0.15) is 12.3 Å². The number of nitrogens with zero attached hydrogens (tertiary/aromatic N) is 2. The number of rotatable bonds is 7. The molecule has 1 N–H and O–H groups in total. The Kier molecular flexibility index (Phi) is 6.92. The van der Waals surface area contributed by atoms with Gasteiger partial charge in [0, 0.05) is 11.1 Å². The fraction of sp³-hybridized carbons (Fsp3) is 0.333. The average Bonchev–Trinajstić information content (AvgIpc) is 3.27. The Hall–Kier alpha value is -3.68. The first-order chi connectivity index (χ1) is 15.2. The maximum atomic E-state index is 12.3. The van der Waals surface area contributed by atoms with E-state index in [0.29, 0.717) is 22.8 Å². The highest BCUT2D eigenvalue weighted by Crippen LogP contribution is 2.24. The van der Waals surface area contributed by atoms with E-state index in [0.717, 1.165) is 5.56 Å². The molecule has 1 aromatic heterocycles. The molecule has 1 atom stereocenters. The zero-order valence-corrected chi connectivity index (χ0v) is 18.8. The molecule has 32 heavy (non-hydrogen) atoms. The fourth-order valence-electron chi connectivity index (χ4n) is 2.91. The molecule has 8 nitrogen and oxygen atoms in total. The highest BCUT2D eigenvalue weighted by atomic mass is 16.6. The monoisotopic (exact) mass is 437 g/mol. The lowest BCUT2D eigenvalue weighted by Crippen LogP contribution is -2.31. The lowest BCUT2D eigenvalue weighted by molar-refractivity contribution is -0.148. The Morgan fingerprint density at radius 3 is 2.28 bits per heavy atom.